The molecular weight excluding hydrogens is 243 g/mol. The van der Waals surface area contributed by atoms with Crippen molar-refractivity contribution in [2.75, 3.05) is 0 Å². The Morgan fingerprint density at radius 1 is 1.31 bits per heavy atom. The summed E-state index contributed by atoms with van der Waals surface area (Å²) in [5.41, 5.74) is 1.08. The summed E-state index contributed by atoms with van der Waals surface area (Å²) in [6.45, 7) is 0. The average molecular weight is 259 g/mol. The van der Waals surface area contributed by atoms with E-state index in [0.29, 0.717) is 16.0 Å². The van der Waals surface area contributed by atoms with Crippen molar-refractivity contribution >= 4 is 23.2 Å². The van der Waals surface area contributed by atoms with E-state index in [4.69, 9.17) is 23.2 Å². The van der Waals surface area contributed by atoms with Crippen LogP contribution < -0.4 is 0 Å². The van der Waals surface area contributed by atoms with E-state index in [1.807, 2.05) is 12.1 Å². The van der Waals surface area contributed by atoms with Crippen LogP contribution in [0.25, 0.3) is 0 Å². The average Bonchev–Trinajstić information content (AvgIpc) is 3.07. The molecule has 0 aliphatic heterocycles. The number of hydrogen-bond acceptors (Lipinski definition) is 1. The molecule has 0 spiro atoms. The number of halogens is 2. The second kappa shape index (κ2) is 5.39. The van der Waals surface area contributed by atoms with Gasteiger partial charge in [0.15, 0.2) is 0 Å². The number of rotatable bonds is 5. The third-order valence-electron chi connectivity index (χ3n) is 3.14. The molecule has 1 aliphatic carbocycles. The first-order chi connectivity index (χ1) is 7.68. The predicted octanol–water partition coefficient (Wildman–Crippen LogP) is 4.09. The van der Waals surface area contributed by atoms with Crippen LogP contribution >= 0.6 is 23.2 Å². The molecule has 0 bridgehead atoms. The largest absolute Gasteiger partial charge is 0.393 e. The predicted molar refractivity (Wildman–Crippen MR) is 68.1 cm³/mol. The van der Waals surface area contributed by atoms with Gasteiger partial charge in [0, 0.05) is 0 Å². The van der Waals surface area contributed by atoms with Gasteiger partial charge in [-0.25, -0.2) is 0 Å². The molecule has 1 nitrogen and oxygen atoms in total. The molecule has 0 saturated heterocycles. The van der Waals surface area contributed by atoms with Gasteiger partial charge in [-0.1, -0.05) is 35.3 Å². The lowest BCUT2D eigenvalue weighted by atomic mass is 10.0. The molecule has 0 amide bonds. The number of hydrogen-bond donors (Lipinski definition) is 1. The Morgan fingerprint density at radius 2 is 2.06 bits per heavy atom. The van der Waals surface area contributed by atoms with E-state index in [2.05, 4.69) is 0 Å². The van der Waals surface area contributed by atoms with E-state index in [1.165, 1.54) is 12.8 Å². The summed E-state index contributed by atoms with van der Waals surface area (Å²) in [5, 5.41) is 11.0. The summed E-state index contributed by atoms with van der Waals surface area (Å²) >= 11 is 12.0. The van der Waals surface area contributed by atoms with Gasteiger partial charge in [0.1, 0.15) is 0 Å². The first-order valence-electron chi connectivity index (χ1n) is 5.79. The molecule has 88 valence electrons. The Balaban J connectivity index is 1.82. The fraction of sp³-hybridized carbons (Fsp3) is 0.538. The number of benzene rings is 1. The fourth-order valence-electron chi connectivity index (χ4n) is 1.96. The maximum atomic E-state index is 9.73. The molecular formula is C13H16Cl2O. The second-order valence-electron chi connectivity index (χ2n) is 4.51. The van der Waals surface area contributed by atoms with Crippen molar-refractivity contribution in [2.45, 2.75) is 38.2 Å². The van der Waals surface area contributed by atoms with E-state index in [-0.39, 0.29) is 6.10 Å². The Morgan fingerprint density at radius 3 is 2.75 bits per heavy atom. The van der Waals surface area contributed by atoms with Gasteiger partial charge in [-0.05, 0) is 49.7 Å². The third kappa shape index (κ3) is 3.13. The minimum atomic E-state index is -0.113. The smallest absolute Gasteiger partial charge is 0.0624 e. The Bertz CT molecular complexity index is 361. The molecule has 1 aromatic carbocycles. The highest BCUT2D eigenvalue weighted by molar-refractivity contribution is 6.42. The summed E-state index contributed by atoms with van der Waals surface area (Å²) < 4.78 is 0. The second-order valence-corrected chi connectivity index (χ2v) is 5.30. The summed E-state index contributed by atoms with van der Waals surface area (Å²) in [4.78, 5) is 0. The monoisotopic (exact) mass is 258 g/mol. The lowest BCUT2D eigenvalue weighted by Crippen LogP contribution is -2.09. The normalized spacial score (nSPS) is 17.4. The molecule has 1 fully saturated rings. The first kappa shape index (κ1) is 12.2. The van der Waals surface area contributed by atoms with Gasteiger partial charge >= 0.3 is 0 Å². The maximum absolute atomic E-state index is 9.73. The summed E-state index contributed by atoms with van der Waals surface area (Å²) in [7, 11) is 0. The van der Waals surface area contributed by atoms with Crippen LogP contribution in [0.15, 0.2) is 18.2 Å². The molecule has 16 heavy (non-hydrogen) atoms. The van der Waals surface area contributed by atoms with Gasteiger partial charge in [-0.2, -0.15) is 0 Å². The molecule has 1 N–H and O–H groups in total. The third-order valence-corrected chi connectivity index (χ3v) is 4.00. The molecule has 0 radical (unpaired) electrons. The van der Waals surface area contributed by atoms with Gasteiger partial charge in [-0.3, -0.25) is 0 Å². The molecule has 1 atom stereocenters. The Labute approximate surface area is 106 Å². The lowest BCUT2D eigenvalue weighted by molar-refractivity contribution is 0.139. The van der Waals surface area contributed by atoms with Crippen LogP contribution in [0.2, 0.25) is 10.0 Å². The van der Waals surface area contributed by atoms with Crippen LogP contribution in [-0.2, 0) is 6.42 Å². The summed E-state index contributed by atoms with van der Waals surface area (Å²) in [5.74, 6) is 0.565. The Kier molecular flexibility index (Phi) is 4.12. The highest BCUT2D eigenvalue weighted by atomic mass is 35.5. The molecule has 1 saturated carbocycles. The standard InChI is InChI=1S/C13H16Cl2O/c14-11-5-1-3-10(13(11)15)4-2-6-12(16)9-7-8-9/h1,3,5,9,12,16H,2,4,6-8H2. The molecule has 1 unspecified atom stereocenters. The quantitative estimate of drug-likeness (QED) is 0.844. The van der Waals surface area contributed by atoms with E-state index >= 15 is 0 Å². The van der Waals surface area contributed by atoms with Crippen molar-refractivity contribution < 1.29 is 5.11 Å². The maximum Gasteiger partial charge on any atom is 0.0624 e. The van der Waals surface area contributed by atoms with Crippen LogP contribution in [0.1, 0.15) is 31.2 Å². The van der Waals surface area contributed by atoms with Crippen LogP contribution in [0.4, 0.5) is 0 Å². The number of aryl methyl sites for hydroxylation is 1. The van der Waals surface area contributed by atoms with E-state index in [9.17, 15) is 5.11 Å². The zero-order valence-electron chi connectivity index (χ0n) is 9.13. The SMILES string of the molecule is OC(CCCc1cccc(Cl)c1Cl)C1CC1. The van der Waals surface area contributed by atoms with Crippen LogP contribution in [-0.4, -0.2) is 11.2 Å². The lowest BCUT2D eigenvalue weighted by Gasteiger charge is -2.09. The van der Waals surface area contributed by atoms with Crippen LogP contribution in [0, 0.1) is 5.92 Å². The number of aliphatic hydroxyl groups is 1. The minimum Gasteiger partial charge on any atom is -0.393 e. The minimum absolute atomic E-state index is 0.113. The molecule has 1 aliphatic rings. The van der Waals surface area contributed by atoms with Gasteiger partial charge in [-0.15, -0.1) is 0 Å². The Hall–Kier alpha value is -0.240. The summed E-state index contributed by atoms with van der Waals surface area (Å²) in [6.07, 6.45) is 5.00. The molecule has 0 heterocycles. The highest BCUT2D eigenvalue weighted by Gasteiger charge is 2.28. The summed E-state index contributed by atoms with van der Waals surface area (Å²) in [6, 6.07) is 5.71. The first-order valence-corrected chi connectivity index (χ1v) is 6.55. The van der Waals surface area contributed by atoms with E-state index < -0.39 is 0 Å². The van der Waals surface area contributed by atoms with Crippen LogP contribution in [0.5, 0.6) is 0 Å². The van der Waals surface area contributed by atoms with Crippen LogP contribution in [0.3, 0.4) is 0 Å². The van der Waals surface area contributed by atoms with E-state index in [0.717, 1.165) is 24.8 Å². The van der Waals surface area contributed by atoms with Crippen molar-refractivity contribution in [1.82, 2.24) is 0 Å². The topological polar surface area (TPSA) is 20.2 Å². The van der Waals surface area contributed by atoms with Crippen molar-refractivity contribution in [3.63, 3.8) is 0 Å². The van der Waals surface area contributed by atoms with Gasteiger partial charge in [0.05, 0.1) is 16.1 Å². The molecule has 0 aromatic heterocycles. The van der Waals surface area contributed by atoms with Crippen molar-refractivity contribution in [3.05, 3.63) is 33.8 Å². The number of aliphatic hydroxyl groups excluding tert-OH is 1. The molecule has 2 rings (SSSR count). The van der Waals surface area contributed by atoms with Crippen molar-refractivity contribution in [1.29, 1.82) is 0 Å². The van der Waals surface area contributed by atoms with Gasteiger partial charge < -0.3 is 5.11 Å². The molecule has 1 aromatic rings. The van der Waals surface area contributed by atoms with Crippen molar-refractivity contribution in [3.8, 4) is 0 Å². The van der Waals surface area contributed by atoms with Gasteiger partial charge in [0.2, 0.25) is 0 Å². The molecule has 3 heteroatoms. The van der Waals surface area contributed by atoms with E-state index in [1.54, 1.807) is 6.07 Å². The van der Waals surface area contributed by atoms with Crippen molar-refractivity contribution in [2.24, 2.45) is 5.92 Å². The zero-order valence-corrected chi connectivity index (χ0v) is 10.6. The highest BCUT2D eigenvalue weighted by Crippen LogP contribution is 2.35. The van der Waals surface area contributed by atoms with Gasteiger partial charge in [0.25, 0.3) is 0 Å². The fourth-order valence-corrected chi connectivity index (χ4v) is 2.37. The zero-order chi connectivity index (χ0) is 11.5.